The summed E-state index contributed by atoms with van der Waals surface area (Å²) in [5, 5.41) is 0.732. The summed E-state index contributed by atoms with van der Waals surface area (Å²) < 4.78 is 27.8. The van der Waals surface area contributed by atoms with E-state index < -0.39 is 5.97 Å². The van der Waals surface area contributed by atoms with Crippen molar-refractivity contribution < 1.29 is 28.5 Å². The summed E-state index contributed by atoms with van der Waals surface area (Å²) >= 11 is 0. The number of ether oxygens (including phenoxy) is 5. The number of benzene rings is 2. The zero-order valence-corrected chi connectivity index (χ0v) is 23.4. The van der Waals surface area contributed by atoms with Crippen LogP contribution in [0.15, 0.2) is 30.3 Å². The van der Waals surface area contributed by atoms with Gasteiger partial charge in [-0.25, -0.2) is 4.79 Å². The molecule has 1 heterocycles. The van der Waals surface area contributed by atoms with Crippen molar-refractivity contribution in [2.45, 2.75) is 46.7 Å². The molecule has 2 aromatic carbocycles. The highest BCUT2D eigenvalue weighted by atomic mass is 16.5. The second-order valence-corrected chi connectivity index (χ2v) is 9.51. The summed E-state index contributed by atoms with van der Waals surface area (Å²) in [5.74, 6) is 1.79. The third kappa shape index (κ3) is 5.74. The second-order valence-electron chi connectivity index (χ2n) is 9.51. The molecule has 3 rings (SSSR count). The van der Waals surface area contributed by atoms with E-state index in [1.807, 2.05) is 30.3 Å². The normalized spacial score (nSPS) is 11.5. The number of rotatable bonds is 10. The van der Waals surface area contributed by atoms with Gasteiger partial charge in [-0.2, -0.15) is 0 Å². The van der Waals surface area contributed by atoms with Crippen LogP contribution in [-0.4, -0.2) is 63.0 Å². The minimum Gasteiger partial charge on any atom is -0.493 e. The molecular formula is C29H38N2O6. The molecule has 200 valence electrons. The number of esters is 1. The number of hydrogen-bond donors (Lipinski definition) is 0. The molecule has 0 spiro atoms. The predicted molar refractivity (Wildman–Crippen MR) is 145 cm³/mol. The van der Waals surface area contributed by atoms with Crippen molar-refractivity contribution in [1.82, 2.24) is 9.88 Å². The van der Waals surface area contributed by atoms with Crippen LogP contribution in [0, 0.1) is 0 Å². The summed E-state index contributed by atoms with van der Waals surface area (Å²) in [4.78, 5) is 20.8. The number of fused-ring (bicyclic) bond motifs is 1. The van der Waals surface area contributed by atoms with E-state index in [1.165, 1.54) is 0 Å². The minimum atomic E-state index is -0.434. The zero-order chi connectivity index (χ0) is 27.3. The summed E-state index contributed by atoms with van der Waals surface area (Å²) in [5.41, 5.74) is 3.02. The van der Waals surface area contributed by atoms with Crippen molar-refractivity contribution in [3.8, 4) is 34.1 Å². The first-order valence-corrected chi connectivity index (χ1v) is 12.4. The standard InChI is InChI=1S/C29H38N2O6/c1-10-31(29(3,4)5)17-21-27(28(32)37-11-2)26(18-12-13-22(33-6)23(14-18)34-7)19-15-24(35-8)25(36-9)16-20(19)30-21/h12-16H,10-11,17H2,1-9H3. The van der Waals surface area contributed by atoms with Crippen LogP contribution in [-0.2, 0) is 11.3 Å². The fourth-order valence-electron chi connectivity index (χ4n) is 4.47. The molecule has 37 heavy (non-hydrogen) atoms. The third-order valence-electron chi connectivity index (χ3n) is 6.39. The Labute approximate surface area is 219 Å². The highest BCUT2D eigenvalue weighted by Crippen LogP contribution is 2.42. The number of methoxy groups -OCH3 is 4. The molecule has 0 bridgehead atoms. The molecule has 0 aliphatic rings. The first-order valence-electron chi connectivity index (χ1n) is 12.4. The van der Waals surface area contributed by atoms with Crippen molar-refractivity contribution in [3.63, 3.8) is 0 Å². The minimum absolute atomic E-state index is 0.140. The van der Waals surface area contributed by atoms with Crippen molar-refractivity contribution in [3.05, 3.63) is 41.6 Å². The number of nitrogens with zero attached hydrogens (tertiary/aromatic N) is 2. The highest BCUT2D eigenvalue weighted by molar-refractivity contribution is 6.08. The lowest BCUT2D eigenvalue weighted by molar-refractivity contribution is 0.0521. The Morgan fingerprint density at radius 1 is 0.865 bits per heavy atom. The SMILES string of the molecule is CCOC(=O)c1c(CN(CC)C(C)(C)C)nc2cc(OC)c(OC)cc2c1-c1ccc(OC)c(OC)c1. The summed E-state index contributed by atoms with van der Waals surface area (Å²) in [6.45, 7) is 11.8. The van der Waals surface area contributed by atoms with Gasteiger partial charge in [-0.3, -0.25) is 9.88 Å². The molecular weight excluding hydrogens is 472 g/mol. The van der Waals surface area contributed by atoms with Gasteiger partial charge < -0.3 is 23.7 Å². The Kier molecular flexibility index (Phi) is 8.86. The van der Waals surface area contributed by atoms with Gasteiger partial charge >= 0.3 is 5.97 Å². The maximum Gasteiger partial charge on any atom is 0.340 e. The Bertz CT molecular complexity index is 1270. The van der Waals surface area contributed by atoms with E-state index in [4.69, 9.17) is 28.7 Å². The molecule has 0 aliphatic heterocycles. The monoisotopic (exact) mass is 510 g/mol. The lowest BCUT2D eigenvalue weighted by atomic mass is 9.92. The van der Waals surface area contributed by atoms with Crippen LogP contribution >= 0.6 is 0 Å². The van der Waals surface area contributed by atoms with E-state index >= 15 is 0 Å². The second kappa shape index (κ2) is 11.7. The number of carbonyl (C=O) groups is 1. The van der Waals surface area contributed by atoms with Crippen LogP contribution in [0.25, 0.3) is 22.0 Å². The van der Waals surface area contributed by atoms with Gasteiger partial charge in [0.1, 0.15) is 0 Å². The Morgan fingerprint density at radius 3 is 2.00 bits per heavy atom. The molecule has 0 amide bonds. The van der Waals surface area contributed by atoms with Gasteiger partial charge in [-0.15, -0.1) is 0 Å². The smallest absolute Gasteiger partial charge is 0.340 e. The summed E-state index contributed by atoms with van der Waals surface area (Å²) in [7, 11) is 6.34. The van der Waals surface area contributed by atoms with Crippen molar-refractivity contribution >= 4 is 16.9 Å². The van der Waals surface area contributed by atoms with E-state index in [1.54, 1.807) is 35.4 Å². The van der Waals surface area contributed by atoms with Crippen molar-refractivity contribution in [1.29, 1.82) is 0 Å². The maximum atomic E-state index is 13.6. The summed E-state index contributed by atoms with van der Waals surface area (Å²) in [6, 6.07) is 9.27. The topological polar surface area (TPSA) is 79.4 Å². The van der Waals surface area contributed by atoms with Gasteiger partial charge in [-0.1, -0.05) is 13.0 Å². The molecule has 8 nitrogen and oxygen atoms in total. The summed E-state index contributed by atoms with van der Waals surface area (Å²) in [6.07, 6.45) is 0. The van der Waals surface area contributed by atoms with Gasteiger partial charge in [-0.05, 0) is 58.0 Å². The molecule has 3 aromatic rings. The fourth-order valence-corrected chi connectivity index (χ4v) is 4.47. The Hall–Kier alpha value is -3.52. The number of hydrogen-bond acceptors (Lipinski definition) is 8. The number of pyridine rings is 1. The Balaban J connectivity index is 2.49. The molecule has 0 saturated heterocycles. The fraction of sp³-hybridized carbons (Fsp3) is 0.448. The molecule has 1 aromatic heterocycles. The quantitative estimate of drug-likeness (QED) is 0.320. The first kappa shape index (κ1) is 28.1. The van der Waals surface area contributed by atoms with Crippen LogP contribution in [0.4, 0.5) is 0 Å². The third-order valence-corrected chi connectivity index (χ3v) is 6.39. The van der Waals surface area contributed by atoms with E-state index in [9.17, 15) is 4.79 Å². The van der Waals surface area contributed by atoms with Crippen LogP contribution in [0.5, 0.6) is 23.0 Å². The zero-order valence-electron chi connectivity index (χ0n) is 23.4. The van der Waals surface area contributed by atoms with Gasteiger partial charge in [0.2, 0.25) is 0 Å². The molecule has 0 saturated carbocycles. The first-order chi connectivity index (χ1) is 17.6. The van der Waals surface area contributed by atoms with Crippen LogP contribution < -0.4 is 18.9 Å². The van der Waals surface area contributed by atoms with Crippen molar-refractivity contribution in [2.24, 2.45) is 0 Å². The Morgan fingerprint density at radius 2 is 1.46 bits per heavy atom. The van der Waals surface area contributed by atoms with Gasteiger partial charge in [0.15, 0.2) is 23.0 Å². The molecule has 8 heteroatoms. The number of carbonyl (C=O) groups excluding carboxylic acids is 1. The van der Waals surface area contributed by atoms with Crippen LogP contribution in [0.2, 0.25) is 0 Å². The lowest BCUT2D eigenvalue weighted by Gasteiger charge is -2.35. The van der Waals surface area contributed by atoms with Crippen LogP contribution in [0.1, 0.15) is 50.7 Å². The molecule has 0 radical (unpaired) electrons. The van der Waals surface area contributed by atoms with E-state index in [0.29, 0.717) is 51.9 Å². The van der Waals surface area contributed by atoms with Crippen molar-refractivity contribution in [2.75, 3.05) is 41.6 Å². The molecule has 0 aliphatic carbocycles. The predicted octanol–water partition coefficient (Wildman–Crippen LogP) is 5.73. The lowest BCUT2D eigenvalue weighted by Crippen LogP contribution is -2.41. The highest BCUT2D eigenvalue weighted by Gasteiger charge is 2.29. The van der Waals surface area contributed by atoms with E-state index in [0.717, 1.165) is 17.5 Å². The van der Waals surface area contributed by atoms with E-state index in [-0.39, 0.29) is 12.1 Å². The van der Waals surface area contributed by atoms with Crippen LogP contribution in [0.3, 0.4) is 0 Å². The van der Waals surface area contributed by atoms with E-state index in [2.05, 4.69) is 32.6 Å². The average molecular weight is 511 g/mol. The van der Waals surface area contributed by atoms with Gasteiger partial charge in [0.05, 0.1) is 51.8 Å². The number of aromatic nitrogens is 1. The van der Waals surface area contributed by atoms with Gasteiger partial charge in [0.25, 0.3) is 0 Å². The molecule has 0 unspecified atom stereocenters. The largest absolute Gasteiger partial charge is 0.493 e. The van der Waals surface area contributed by atoms with Gasteiger partial charge in [0, 0.05) is 29.1 Å². The average Bonchev–Trinajstić information content (AvgIpc) is 2.88. The molecule has 0 N–H and O–H groups in total. The molecule has 0 atom stereocenters. The maximum absolute atomic E-state index is 13.6. The molecule has 0 fully saturated rings.